The van der Waals surface area contributed by atoms with Gasteiger partial charge in [-0.15, -0.1) is 0 Å². The number of anilines is 3. The monoisotopic (exact) mass is 320 g/mol. The summed E-state index contributed by atoms with van der Waals surface area (Å²) in [5.74, 6) is 1.52. The molecule has 0 aliphatic carbocycles. The number of benzene rings is 1. The third-order valence-corrected chi connectivity index (χ3v) is 4.01. The fourth-order valence-corrected chi connectivity index (χ4v) is 2.88. The van der Waals surface area contributed by atoms with Gasteiger partial charge in [-0.2, -0.15) is 8.75 Å². The number of rotatable bonds is 4. The first-order valence-electron chi connectivity index (χ1n) is 6.44. The van der Waals surface area contributed by atoms with Crippen molar-refractivity contribution in [1.82, 2.24) is 18.7 Å². The van der Waals surface area contributed by atoms with Gasteiger partial charge in [0.1, 0.15) is 29.0 Å². The van der Waals surface area contributed by atoms with Gasteiger partial charge in [0.25, 0.3) is 0 Å². The van der Waals surface area contributed by atoms with Crippen LogP contribution < -0.4 is 10.6 Å². The standard InChI is InChI=1S/C13H13ClN6S/c1-3-7-12(15-2)16-6-17-13(7)18-10-8(14)4-5-9-11(10)20-21-19-9/h4-6H,3H2,1-2H3,(H2,15,16,17,18). The summed E-state index contributed by atoms with van der Waals surface area (Å²) in [6, 6.07) is 3.66. The first kappa shape index (κ1) is 14.0. The van der Waals surface area contributed by atoms with Gasteiger partial charge in [-0.05, 0) is 18.6 Å². The Morgan fingerprint density at radius 3 is 2.76 bits per heavy atom. The van der Waals surface area contributed by atoms with Crippen LogP contribution >= 0.6 is 23.3 Å². The number of nitrogens with one attached hydrogen (secondary N) is 2. The second-order valence-electron chi connectivity index (χ2n) is 4.33. The molecule has 0 unspecified atom stereocenters. The molecule has 0 amide bonds. The smallest absolute Gasteiger partial charge is 0.139 e. The number of hydrogen-bond acceptors (Lipinski definition) is 7. The summed E-state index contributed by atoms with van der Waals surface area (Å²) in [7, 11) is 1.84. The first-order valence-corrected chi connectivity index (χ1v) is 7.54. The average Bonchev–Trinajstić information content (AvgIpc) is 2.98. The third kappa shape index (κ3) is 2.50. The average molecular weight is 321 g/mol. The van der Waals surface area contributed by atoms with E-state index in [0.29, 0.717) is 5.02 Å². The highest BCUT2D eigenvalue weighted by molar-refractivity contribution is 7.00. The summed E-state index contributed by atoms with van der Waals surface area (Å²) >= 11 is 7.45. The van der Waals surface area contributed by atoms with Crippen LogP contribution in [0.3, 0.4) is 0 Å². The van der Waals surface area contributed by atoms with E-state index < -0.39 is 0 Å². The summed E-state index contributed by atoms with van der Waals surface area (Å²) in [4.78, 5) is 8.54. The Labute approximate surface area is 130 Å². The molecule has 0 saturated heterocycles. The lowest BCUT2D eigenvalue weighted by atomic mass is 10.2. The number of nitrogens with zero attached hydrogens (tertiary/aromatic N) is 4. The minimum atomic E-state index is 0.585. The van der Waals surface area contributed by atoms with Crippen LogP contribution in [0.15, 0.2) is 18.5 Å². The van der Waals surface area contributed by atoms with Crippen molar-refractivity contribution in [2.75, 3.05) is 17.7 Å². The Bertz CT molecular complexity index is 787. The zero-order chi connectivity index (χ0) is 14.8. The fourth-order valence-electron chi connectivity index (χ4n) is 2.13. The second-order valence-corrected chi connectivity index (χ2v) is 5.27. The second kappa shape index (κ2) is 5.79. The molecule has 2 N–H and O–H groups in total. The van der Waals surface area contributed by atoms with Gasteiger partial charge in [0, 0.05) is 12.6 Å². The summed E-state index contributed by atoms with van der Waals surface area (Å²) in [5.41, 5.74) is 3.28. The molecule has 0 saturated carbocycles. The topological polar surface area (TPSA) is 75.6 Å². The molecule has 0 fully saturated rings. The zero-order valence-electron chi connectivity index (χ0n) is 11.5. The maximum absolute atomic E-state index is 6.29. The minimum absolute atomic E-state index is 0.585. The molecule has 0 atom stereocenters. The van der Waals surface area contributed by atoms with Crippen LogP contribution in [0.25, 0.3) is 11.0 Å². The SMILES string of the molecule is CCc1c(NC)ncnc1Nc1c(Cl)ccc2nsnc12. The third-order valence-electron chi connectivity index (χ3n) is 3.16. The van der Waals surface area contributed by atoms with Crippen molar-refractivity contribution in [3.63, 3.8) is 0 Å². The van der Waals surface area contributed by atoms with E-state index in [4.69, 9.17) is 11.6 Å². The molecule has 2 aromatic heterocycles. The zero-order valence-corrected chi connectivity index (χ0v) is 13.1. The predicted molar refractivity (Wildman–Crippen MR) is 86.7 cm³/mol. The van der Waals surface area contributed by atoms with Gasteiger partial charge in [0.15, 0.2) is 0 Å². The fraction of sp³-hybridized carbons (Fsp3) is 0.231. The van der Waals surface area contributed by atoms with Crippen LogP contribution in [0.2, 0.25) is 5.02 Å². The molecule has 2 heterocycles. The lowest BCUT2D eigenvalue weighted by molar-refractivity contribution is 1.05. The van der Waals surface area contributed by atoms with E-state index in [1.54, 1.807) is 6.07 Å². The number of aromatic nitrogens is 4. The Morgan fingerprint density at radius 1 is 1.19 bits per heavy atom. The van der Waals surface area contributed by atoms with E-state index in [1.807, 2.05) is 13.1 Å². The first-order chi connectivity index (χ1) is 10.2. The van der Waals surface area contributed by atoms with Gasteiger partial charge in [-0.25, -0.2) is 9.97 Å². The highest BCUT2D eigenvalue weighted by Crippen LogP contribution is 2.33. The van der Waals surface area contributed by atoms with Crippen molar-refractivity contribution < 1.29 is 0 Å². The maximum atomic E-state index is 6.29. The molecule has 3 aromatic rings. The Hall–Kier alpha value is -1.99. The van der Waals surface area contributed by atoms with Crippen LogP contribution in [0.4, 0.5) is 17.3 Å². The van der Waals surface area contributed by atoms with Crippen molar-refractivity contribution >= 4 is 51.7 Å². The van der Waals surface area contributed by atoms with Gasteiger partial charge in [0.2, 0.25) is 0 Å². The summed E-state index contributed by atoms with van der Waals surface area (Å²) in [5, 5.41) is 6.93. The number of halogens is 1. The molecule has 108 valence electrons. The molecular weight excluding hydrogens is 308 g/mol. The van der Waals surface area contributed by atoms with E-state index >= 15 is 0 Å². The van der Waals surface area contributed by atoms with Crippen molar-refractivity contribution in [3.05, 3.63) is 29.0 Å². The van der Waals surface area contributed by atoms with Gasteiger partial charge >= 0.3 is 0 Å². The molecule has 3 rings (SSSR count). The predicted octanol–water partition coefficient (Wildman–Crippen LogP) is 3.48. The minimum Gasteiger partial charge on any atom is -0.373 e. The molecule has 0 aliphatic heterocycles. The summed E-state index contributed by atoms with van der Waals surface area (Å²) < 4.78 is 8.52. The van der Waals surface area contributed by atoms with Gasteiger partial charge in [-0.1, -0.05) is 18.5 Å². The molecule has 0 radical (unpaired) electrons. The maximum Gasteiger partial charge on any atom is 0.139 e. The van der Waals surface area contributed by atoms with E-state index in [0.717, 1.165) is 52.1 Å². The molecule has 0 spiro atoms. The van der Waals surface area contributed by atoms with Gasteiger partial charge in [0.05, 0.1) is 22.4 Å². The highest BCUT2D eigenvalue weighted by atomic mass is 35.5. The van der Waals surface area contributed by atoms with Crippen LogP contribution in [0.1, 0.15) is 12.5 Å². The van der Waals surface area contributed by atoms with Crippen molar-refractivity contribution in [1.29, 1.82) is 0 Å². The summed E-state index contributed by atoms with van der Waals surface area (Å²) in [6.07, 6.45) is 2.31. The van der Waals surface area contributed by atoms with Crippen LogP contribution in [-0.4, -0.2) is 25.8 Å². The van der Waals surface area contributed by atoms with Crippen LogP contribution in [0, 0.1) is 0 Å². The van der Waals surface area contributed by atoms with E-state index in [2.05, 4.69) is 36.3 Å². The lowest BCUT2D eigenvalue weighted by Gasteiger charge is -2.13. The number of fused-ring (bicyclic) bond motifs is 1. The molecular formula is C13H13ClN6S. The van der Waals surface area contributed by atoms with Crippen molar-refractivity contribution in [2.24, 2.45) is 0 Å². The molecule has 21 heavy (non-hydrogen) atoms. The molecule has 8 heteroatoms. The Balaban J connectivity index is 2.11. The Morgan fingerprint density at radius 2 is 2.00 bits per heavy atom. The molecule has 6 nitrogen and oxygen atoms in total. The van der Waals surface area contributed by atoms with Crippen LogP contribution in [0.5, 0.6) is 0 Å². The van der Waals surface area contributed by atoms with Gasteiger partial charge in [-0.3, -0.25) is 0 Å². The molecule has 0 aliphatic rings. The quantitative estimate of drug-likeness (QED) is 0.766. The van der Waals surface area contributed by atoms with Crippen LogP contribution in [-0.2, 0) is 6.42 Å². The Kier molecular flexibility index (Phi) is 3.85. The highest BCUT2D eigenvalue weighted by Gasteiger charge is 2.14. The van der Waals surface area contributed by atoms with Crippen molar-refractivity contribution in [2.45, 2.75) is 13.3 Å². The van der Waals surface area contributed by atoms with Gasteiger partial charge < -0.3 is 10.6 Å². The lowest BCUT2D eigenvalue weighted by Crippen LogP contribution is -2.05. The van der Waals surface area contributed by atoms with E-state index in [-0.39, 0.29) is 0 Å². The molecule has 1 aromatic carbocycles. The van der Waals surface area contributed by atoms with E-state index in [9.17, 15) is 0 Å². The van der Waals surface area contributed by atoms with E-state index in [1.165, 1.54) is 6.33 Å². The summed E-state index contributed by atoms with van der Waals surface area (Å²) in [6.45, 7) is 2.05. The van der Waals surface area contributed by atoms with Crippen molar-refractivity contribution in [3.8, 4) is 0 Å². The molecule has 0 bridgehead atoms. The largest absolute Gasteiger partial charge is 0.373 e. The number of hydrogen-bond donors (Lipinski definition) is 2. The normalized spacial score (nSPS) is 10.8.